The van der Waals surface area contributed by atoms with Crippen LogP contribution in [0.1, 0.15) is 31.7 Å². The Labute approximate surface area is 98.6 Å². The summed E-state index contributed by atoms with van der Waals surface area (Å²) in [4.78, 5) is 0. The summed E-state index contributed by atoms with van der Waals surface area (Å²) in [7, 11) is 0. The Morgan fingerprint density at radius 2 is 2.06 bits per heavy atom. The lowest BCUT2D eigenvalue weighted by Crippen LogP contribution is -2.26. The van der Waals surface area contributed by atoms with E-state index in [4.69, 9.17) is 0 Å². The highest BCUT2D eigenvalue weighted by molar-refractivity contribution is 5.48. The first-order valence-electron chi connectivity index (χ1n) is 6.29. The van der Waals surface area contributed by atoms with Gasteiger partial charge in [-0.2, -0.15) is 0 Å². The van der Waals surface area contributed by atoms with Gasteiger partial charge in [-0.3, -0.25) is 0 Å². The zero-order valence-corrected chi connectivity index (χ0v) is 10.0. The second-order valence-electron chi connectivity index (χ2n) is 4.80. The van der Waals surface area contributed by atoms with Crippen LogP contribution in [-0.2, 0) is 0 Å². The fourth-order valence-electron chi connectivity index (χ4n) is 1.97. The third kappa shape index (κ3) is 4.19. The third-order valence-corrected chi connectivity index (χ3v) is 3.08. The summed E-state index contributed by atoms with van der Waals surface area (Å²) in [6.07, 6.45) is 8.63. The van der Waals surface area contributed by atoms with Gasteiger partial charge in [-0.1, -0.05) is 55.3 Å². The molecule has 0 heterocycles. The van der Waals surface area contributed by atoms with Crippen molar-refractivity contribution in [2.24, 2.45) is 5.92 Å². The van der Waals surface area contributed by atoms with Crippen molar-refractivity contribution < 1.29 is 0 Å². The highest BCUT2D eigenvalue weighted by Gasteiger charge is 2.22. The van der Waals surface area contributed by atoms with Crippen molar-refractivity contribution in [3.8, 4) is 0 Å². The Hall–Kier alpha value is -1.08. The zero-order valence-electron chi connectivity index (χ0n) is 10.0. The molecule has 1 aliphatic rings. The Morgan fingerprint density at radius 3 is 2.75 bits per heavy atom. The van der Waals surface area contributed by atoms with Crippen molar-refractivity contribution in [3.05, 3.63) is 42.0 Å². The first kappa shape index (κ1) is 11.4. The van der Waals surface area contributed by atoms with Gasteiger partial charge in [0.25, 0.3) is 0 Å². The molecule has 1 heteroatoms. The molecule has 1 aromatic carbocycles. The van der Waals surface area contributed by atoms with E-state index < -0.39 is 0 Å². The Bertz CT molecular complexity index is 325. The maximum absolute atomic E-state index is 3.54. The van der Waals surface area contributed by atoms with E-state index in [0.717, 1.165) is 12.5 Å². The number of hydrogen-bond acceptors (Lipinski definition) is 1. The van der Waals surface area contributed by atoms with Crippen LogP contribution in [0, 0.1) is 5.92 Å². The van der Waals surface area contributed by atoms with Crippen LogP contribution in [0.15, 0.2) is 36.4 Å². The Kier molecular flexibility index (Phi) is 4.17. The number of hydrogen-bond donors (Lipinski definition) is 1. The van der Waals surface area contributed by atoms with Crippen LogP contribution in [0.25, 0.3) is 6.08 Å². The summed E-state index contributed by atoms with van der Waals surface area (Å²) >= 11 is 0. The molecule has 0 amide bonds. The van der Waals surface area contributed by atoms with Crippen LogP contribution in [0.2, 0.25) is 0 Å². The standard InChI is InChI=1S/C15H21N/c1-13(12-15-9-10-15)16-11-5-8-14-6-3-2-4-7-14/h2-8,13,15-16H,9-12H2,1H3. The van der Waals surface area contributed by atoms with Gasteiger partial charge in [-0.25, -0.2) is 0 Å². The SMILES string of the molecule is CC(CC1CC1)NCC=Cc1ccccc1. The van der Waals surface area contributed by atoms with Crippen molar-refractivity contribution in [1.29, 1.82) is 0 Å². The fraction of sp³-hybridized carbons (Fsp3) is 0.467. The van der Waals surface area contributed by atoms with E-state index in [1.54, 1.807) is 0 Å². The average molecular weight is 215 g/mol. The van der Waals surface area contributed by atoms with Crippen LogP contribution >= 0.6 is 0 Å². The van der Waals surface area contributed by atoms with Crippen molar-refractivity contribution in [2.75, 3.05) is 6.54 Å². The molecule has 1 unspecified atom stereocenters. The molecule has 1 atom stereocenters. The van der Waals surface area contributed by atoms with E-state index in [1.807, 2.05) is 6.07 Å². The minimum Gasteiger partial charge on any atom is -0.311 e. The van der Waals surface area contributed by atoms with Crippen molar-refractivity contribution in [2.45, 2.75) is 32.2 Å². The maximum atomic E-state index is 3.54. The molecule has 1 nitrogen and oxygen atoms in total. The van der Waals surface area contributed by atoms with Gasteiger partial charge in [-0.15, -0.1) is 0 Å². The molecule has 2 rings (SSSR count). The fourth-order valence-corrected chi connectivity index (χ4v) is 1.97. The van der Waals surface area contributed by atoms with Gasteiger partial charge in [0.1, 0.15) is 0 Å². The Balaban J connectivity index is 1.65. The molecule has 1 aliphatic carbocycles. The highest BCUT2D eigenvalue weighted by Crippen LogP contribution is 2.33. The summed E-state index contributed by atoms with van der Waals surface area (Å²) in [5.74, 6) is 1.01. The molecule has 0 radical (unpaired) electrons. The van der Waals surface area contributed by atoms with E-state index in [9.17, 15) is 0 Å². The van der Waals surface area contributed by atoms with E-state index in [2.05, 4.69) is 48.7 Å². The number of nitrogens with one attached hydrogen (secondary N) is 1. The summed E-state index contributed by atoms with van der Waals surface area (Å²) in [5.41, 5.74) is 1.28. The second kappa shape index (κ2) is 5.86. The van der Waals surface area contributed by atoms with E-state index in [0.29, 0.717) is 6.04 Å². The quantitative estimate of drug-likeness (QED) is 0.766. The number of benzene rings is 1. The monoisotopic (exact) mass is 215 g/mol. The predicted molar refractivity (Wildman–Crippen MR) is 70.3 cm³/mol. The average Bonchev–Trinajstić information content (AvgIpc) is 3.10. The van der Waals surface area contributed by atoms with Gasteiger partial charge < -0.3 is 5.32 Å². The van der Waals surface area contributed by atoms with Crippen molar-refractivity contribution in [3.63, 3.8) is 0 Å². The first-order valence-corrected chi connectivity index (χ1v) is 6.29. The van der Waals surface area contributed by atoms with E-state index in [-0.39, 0.29) is 0 Å². The van der Waals surface area contributed by atoms with Gasteiger partial charge in [0.05, 0.1) is 0 Å². The van der Waals surface area contributed by atoms with Crippen LogP contribution in [0.3, 0.4) is 0 Å². The van der Waals surface area contributed by atoms with Gasteiger partial charge in [0.15, 0.2) is 0 Å². The van der Waals surface area contributed by atoms with Gasteiger partial charge in [0, 0.05) is 12.6 Å². The third-order valence-electron chi connectivity index (χ3n) is 3.08. The lowest BCUT2D eigenvalue weighted by atomic mass is 10.1. The summed E-state index contributed by atoms with van der Waals surface area (Å²) < 4.78 is 0. The van der Waals surface area contributed by atoms with Crippen LogP contribution in [0.4, 0.5) is 0 Å². The minimum absolute atomic E-state index is 0.660. The first-order chi connectivity index (χ1) is 7.84. The van der Waals surface area contributed by atoms with Crippen LogP contribution in [-0.4, -0.2) is 12.6 Å². The smallest absolute Gasteiger partial charge is 0.0140 e. The van der Waals surface area contributed by atoms with Crippen molar-refractivity contribution in [1.82, 2.24) is 5.32 Å². The molecule has 16 heavy (non-hydrogen) atoms. The molecule has 0 aliphatic heterocycles. The summed E-state index contributed by atoms with van der Waals surface area (Å²) in [6, 6.07) is 11.1. The minimum atomic E-state index is 0.660. The maximum Gasteiger partial charge on any atom is 0.0140 e. The van der Waals surface area contributed by atoms with Crippen LogP contribution < -0.4 is 5.32 Å². The van der Waals surface area contributed by atoms with Gasteiger partial charge in [0.2, 0.25) is 0 Å². The lowest BCUT2D eigenvalue weighted by Gasteiger charge is -2.10. The molecular weight excluding hydrogens is 194 g/mol. The van der Waals surface area contributed by atoms with E-state index >= 15 is 0 Å². The molecule has 1 saturated carbocycles. The summed E-state index contributed by atoms with van der Waals surface area (Å²) in [5, 5.41) is 3.54. The molecule has 1 fully saturated rings. The highest BCUT2D eigenvalue weighted by atomic mass is 14.9. The summed E-state index contributed by atoms with van der Waals surface area (Å²) in [6.45, 7) is 3.26. The molecule has 86 valence electrons. The van der Waals surface area contributed by atoms with Crippen LogP contribution in [0.5, 0.6) is 0 Å². The zero-order chi connectivity index (χ0) is 11.2. The molecule has 1 aromatic rings. The normalized spacial score (nSPS) is 17.8. The molecule has 0 bridgehead atoms. The molecule has 0 spiro atoms. The number of rotatable bonds is 6. The largest absolute Gasteiger partial charge is 0.311 e. The van der Waals surface area contributed by atoms with Gasteiger partial charge in [-0.05, 0) is 24.8 Å². The van der Waals surface area contributed by atoms with Gasteiger partial charge >= 0.3 is 0 Å². The molecule has 0 saturated heterocycles. The van der Waals surface area contributed by atoms with E-state index in [1.165, 1.54) is 24.8 Å². The lowest BCUT2D eigenvalue weighted by molar-refractivity contribution is 0.512. The predicted octanol–water partition coefficient (Wildman–Crippen LogP) is 3.48. The molecule has 0 aromatic heterocycles. The van der Waals surface area contributed by atoms with Crippen molar-refractivity contribution >= 4 is 6.08 Å². The molecular formula is C15H21N. The Morgan fingerprint density at radius 1 is 1.31 bits per heavy atom. The topological polar surface area (TPSA) is 12.0 Å². The molecule has 1 N–H and O–H groups in total. The second-order valence-corrected chi connectivity index (χ2v) is 4.80.